The van der Waals surface area contributed by atoms with Crippen molar-refractivity contribution in [1.29, 1.82) is 0 Å². The summed E-state index contributed by atoms with van der Waals surface area (Å²) in [5, 5.41) is 20.7. The van der Waals surface area contributed by atoms with E-state index in [0.717, 1.165) is 36.9 Å². The molecule has 3 rings (SSSR count). The van der Waals surface area contributed by atoms with Crippen LogP contribution in [0, 0.1) is 5.92 Å². The molecule has 3 heterocycles. The summed E-state index contributed by atoms with van der Waals surface area (Å²) in [4.78, 5) is 2.06. The number of fused-ring (bicyclic) bond motifs is 1. The van der Waals surface area contributed by atoms with Crippen LogP contribution in [-0.2, 0) is 0 Å². The second kappa shape index (κ2) is 5.88. The zero-order valence-electron chi connectivity index (χ0n) is 11.5. The molecule has 114 valence electrons. The summed E-state index contributed by atoms with van der Waals surface area (Å²) in [5.41, 5.74) is 0.317. The van der Waals surface area contributed by atoms with Gasteiger partial charge in [0.25, 0.3) is 6.43 Å². The van der Waals surface area contributed by atoms with Crippen molar-refractivity contribution in [2.24, 2.45) is 5.92 Å². The molecule has 6 nitrogen and oxygen atoms in total. The molecular weight excluding hydrogens is 280 g/mol. The van der Waals surface area contributed by atoms with E-state index in [4.69, 9.17) is 0 Å². The Morgan fingerprint density at radius 1 is 1.24 bits per heavy atom. The average molecular weight is 297 g/mol. The van der Waals surface area contributed by atoms with Gasteiger partial charge in [-0.1, -0.05) is 0 Å². The minimum absolute atomic E-state index is 0.196. The Morgan fingerprint density at radius 3 is 2.86 bits per heavy atom. The van der Waals surface area contributed by atoms with E-state index in [1.165, 1.54) is 0 Å². The molecule has 0 bridgehead atoms. The van der Waals surface area contributed by atoms with Crippen molar-refractivity contribution < 1.29 is 13.9 Å². The lowest BCUT2D eigenvalue weighted by Crippen LogP contribution is -2.26. The molecule has 1 saturated heterocycles. The highest BCUT2D eigenvalue weighted by Gasteiger charge is 2.20. The number of hydrogen-bond donors (Lipinski definition) is 1. The average Bonchev–Trinajstić information content (AvgIpc) is 2.76. The zero-order valence-corrected chi connectivity index (χ0v) is 11.5. The Hall–Kier alpha value is -1.83. The molecule has 21 heavy (non-hydrogen) atoms. The van der Waals surface area contributed by atoms with Crippen LogP contribution in [-0.4, -0.2) is 44.6 Å². The van der Waals surface area contributed by atoms with Gasteiger partial charge in [-0.3, -0.25) is 0 Å². The molecule has 0 aliphatic carbocycles. The van der Waals surface area contributed by atoms with E-state index in [0.29, 0.717) is 17.4 Å². The van der Waals surface area contributed by atoms with Crippen molar-refractivity contribution in [2.45, 2.75) is 25.7 Å². The fourth-order valence-corrected chi connectivity index (χ4v) is 2.68. The summed E-state index contributed by atoms with van der Waals surface area (Å²) >= 11 is 0. The standard InChI is InChI=1S/C13H17F2N5O/c14-12(15)13-17-16-10-3-4-11(18-20(10)13)19-6-1-2-9(8-21)5-7-19/h3-4,9,12,21H,1-2,5-8H2. The molecule has 1 unspecified atom stereocenters. The molecule has 1 aliphatic heterocycles. The predicted molar refractivity (Wildman–Crippen MR) is 72.4 cm³/mol. The number of halogens is 2. The third kappa shape index (κ3) is 2.80. The Kier molecular flexibility index (Phi) is 3.96. The van der Waals surface area contributed by atoms with Crippen LogP contribution in [0.4, 0.5) is 14.6 Å². The lowest BCUT2D eigenvalue weighted by atomic mass is 10.0. The van der Waals surface area contributed by atoms with Crippen LogP contribution < -0.4 is 4.90 Å². The second-order valence-electron chi connectivity index (χ2n) is 5.29. The number of rotatable bonds is 3. The van der Waals surface area contributed by atoms with Gasteiger partial charge in [0.05, 0.1) is 0 Å². The SMILES string of the molecule is OCC1CCCN(c2ccc3nnc(C(F)F)n3n2)CC1. The van der Waals surface area contributed by atoms with Crippen molar-refractivity contribution in [3.05, 3.63) is 18.0 Å². The molecule has 1 aliphatic rings. The van der Waals surface area contributed by atoms with Crippen molar-refractivity contribution in [2.75, 3.05) is 24.6 Å². The van der Waals surface area contributed by atoms with Crippen molar-refractivity contribution >= 4 is 11.5 Å². The number of aromatic nitrogens is 4. The van der Waals surface area contributed by atoms with E-state index in [1.807, 2.05) is 0 Å². The van der Waals surface area contributed by atoms with E-state index >= 15 is 0 Å². The minimum atomic E-state index is -2.70. The largest absolute Gasteiger partial charge is 0.396 e. The first kappa shape index (κ1) is 14.1. The smallest absolute Gasteiger partial charge is 0.299 e. The van der Waals surface area contributed by atoms with Gasteiger partial charge in [-0.25, -0.2) is 8.78 Å². The van der Waals surface area contributed by atoms with Gasteiger partial charge in [0, 0.05) is 19.7 Å². The fourth-order valence-electron chi connectivity index (χ4n) is 2.68. The Bertz CT molecular complexity index is 618. The molecule has 2 aromatic rings. The van der Waals surface area contributed by atoms with Crippen molar-refractivity contribution in [1.82, 2.24) is 19.8 Å². The summed E-state index contributed by atoms with van der Waals surface area (Å²) in [6.45, 7) is 1.76. The summed E-state index contributed by atoms with van der Waals surface area (Å²) in [6.07, 6.45) is 0.102. The molecule has 1 fully saturated rings. The van der Waals surface area contributed by atoms with Crippen LogP contribution in [0.1, 0.15) is 31.5 Å². The fraction of sp³-hybridized carbons (Fsp3) is 0.615. The Morgan fingerprint density at radius 2 is 2.10 bits per heavy atom. The van der Waals surface area contributed by atoms with Crippen LogP contribution in [0.15, 0.2) is 12.1 Å². The van der Waals surface area contributed by atoms with E-state index in [1.54, 1.807) is 12.1 Å². The molecule has 0 radical (unpaired) electrons. The maximum atomic E-state index is 12.9. The molecule has 0 aromatic carbocycles. The molecule has 0 saturated carbocycles. The van der Waals surface area contributed by atoms with E-state index in [2.05, 4.69) is 20.2 Å². The molecule has 2 aromatic heterocycles. The van der Waals surface area contributed by atoms with Gasteiger partial charge in [-0.15, -0.1) is 15.3 Å². The summed E-state index contributed by atoms with van der Waals surface area (Å²) in [7, 11) is 0. The molecule has 1 atom stereocenters. The quantitative estimate of drug-likeness (QED) is 0.933. The number of alkyl halides is 2. The van der Waals surface area contributed by atoms with E-state index in [9.17, 15) is 13.9 Å². The maximum absolute atomic E-state index is 12.9. The number of aliphatic hydroxyl groups is 1. The van der Waals surface area contributed by atoms with Crippen molar-refractivity contribution in [3.8, 4) is 0 Å². The van der Waals surface area contributed by atoms with Gasteiger partial charge in [0.2, 0.25) is 5.82 Å². The van der Waals surface area contributed by atoms with Crippen LogP contribution >= 0.6 is 0 Å². The summed E-state index contributed by atoms with van der Waals surface area (Å²) in [6, 6.07) is 3.42. The van der Waals surface area contributed by atoms with Gasteiger partial charge in [0.15, 0.2) is 5.65 Å². The second-order valence-corrected chi connectivity index (χ2v) is 5.29. The van der Waals surface area contributed by atoms with Gasteiger partial charge < -0.3 is 10.0 Å². The summed E-state index contributed by atoms with van der Waals surface area (Å²) in [5.74, 6) is 0.517. The van der Waals surface area contributed by atoms with Crippen LogP contribution in [0.3, 0.4) is 0 Å². The van der Waals surface area contributed by atoms with Gasteiger partial charge in [-0.2, -0.15) is 4.52 Å². The maximum Gasteiger partial charge on any atom is 0.299 e. The van der Waals surface area contributed by atoms with Crippen LogP contribution in [0.2, 0.25) is 0 Å². The Balaban J connectivity index is 1.88. The normalized spacial score (nSPS) is 20.2. The van der Waals surface area contributed by atoms with Gasteiger partial charge >= 0.3 is 0 Å². The number of hydrogen-bond acceptors (Lipinski definition) is 5. The highest BCUT2D eigenvalue weighted by atomic mass is 19.3. The first-order valence-corrected chi connectivity index (χ1v) is 7.05. The van der Waals surface area contributed by atoms with Crippen LogP contribution in [0.25, 0.3) is 5.65 Å². The predicted octanol–water partition coefficient (Wildman–Crippen LogP) is 1.66. The first-order valence-electron chi connectivity index (χ1n) is 7.05. The van der Waals surface area contributed by atoms with Gasteiger partial charge in [0.1, 0.15) is 5.82 Å². The molecular formula is C13H17F2N5O. The molecule has 0 amide bonds. The zero-order chi connectivity index (χ0) is 14.8. The van der Waals surface area contributed by atoms with E-state index < -0.39 is 12.2 Å². The third-order valence-electron chi connectivity index (χ3n) is 3.90. The number of nitrogens with zero attached hydrogens (tertiary/aromatic N) is 5. The Labute approximate surface area is 120 Å². The van der Waals surface area contributed by atoms with E-state index in [-0.39, 0.29) is 6.61 Å². The molecule has 0 spiro atoms. The monoisotopic (exact) mass is 297 g/mol. The highest BCUT2D eigenvalue weighted by molar-refractivity contribution is 5.45. The minimum Gasteiger partial charge on any atom is -0.396 e. The lowest BCUT2D eigenvalue weighted by molar-refractivity contribution is 0.137. The summed E-state index contributed by atoms with van der Waals surface area (Å²) < 4.78 is 26.8. The third-order valence-corrected chi connectivity index (χ3v) is 3.90. The first-order chi connectivity index (χ1) is 10.2. The van der Waals surface area contributed by atoms with Crippen LogP contribution in [0.5, 0.6) is 0 Å². The number of aliphatic hydroxyl groups excluding tert-OH is 1. The molecule has 1 N–H and O–H groups in total. The highest BCUT2D eigenvalue weighted by Crippen LogP contribution is 2.22. The number of anilines is 1. The molecule has 8 heteroatoms. The van der Waals surface area contributed by atoms with Crippen molar-refractivity contribution in [3.63, 3.8) is 0 Å². The lowest BCUT2D eigenvalue weighted by Gasteiger charge is -2.21. The van der Waals surface area contributed by atoms with Gasteiger partial charge in [-0.05, 0) is 37.3 Å². The topological polar surface area (TPSA) is 66.5 Å².